The second kappa shape index (κ2) is 5.03. The van der Waals surface area contributed by atoms with Gasteiger partial charge in [0, 0.05) is 22.7 Å². The molecular weight excluding hydrogens is 226 g/mol. The molecule has 0 aromatic heterocycles. The van der Waals surface area contributed by atoms with Crippen LogP contribution in [0.1, 0.15) is 31.7 Å². The fourth-order valence-corrected chi connectivity index (χ4v) is 4.10. The Labute approximate surface area is 108 Å². The minimum absolute atomic E-state index is 0.760. The van der Waals surface area contributed by atoms with Crippen molar-refractivity contribution in [2.24, 2.45) is 5.92 Å². The van der Waals surface area contributed by atoms with E-state index in [1.165, 1.54) is 37.1 Å². The van der Waals surface area contributed by atoms with Gasteiger partial charge in [-0.25, -0.2) is 0 Å². The maximum atomic E-state index is 3.75. The molecule has 3 atom stereocenters. The molecule has 0 radical (unpaired) electrons. The van der Waals surface area contributed by atoms with Crippen molar-refractivity contribution >= 4 is 11.8 Å². The number of fused-ring (bicyclic) bond motifs is 1. The van der Waals surface area contributed by atoms with E-state index in [0.717, 1.165) is 17.2 Å². The second-order valence-corrected chi connectivity index (χ2v) is 6.69. The quantitative estimate of drug-likeness (QED) is 0.855. The molecule has 1 aromatic carbocycles. The zero-order chi connectivity index (χ0) is 11.7. The van der Waals surface area contributed by atoms with E-state index >= 15 is 0 Å². The van der Waals surface area contributed by atoms with Gasteiger partial charge in [-0.1, -0.05) is 31.5 Å². The normalized spacial score (nSPS) is 30.3. The summed E-state index contributed by atoms with van der Waals surface area (Å²) in [6, 6.07) is 9.68. The number of hydrogen-bond donors (Lipinski definition) is 1. The molecule has 1 heterocycles. The first-order chi connectivity index (χ1) is 8.36. The summed E-state index contributed by atoms with van der Waals surface area (Å²) in [6.45, 7) is 3.48. The van der Waals surface area contributed by atoms with E-state index in [1.807, 2.05) is 0 Å². The van der Waals surface area contributed by atoms with Crippen LogP contribution in [0.5, 0.6) is 0 Å². The van der Waals surface area contributed by atoms with Crippen LogP contribution in [-0.4, -0.2) is 17.8 Å². The fourth-order valence-electron chi connectivity index (χ4n) is 2.84. The predicted molar refractivity (Wildman–Crippen MR) is 74.6 cm³/mol. The van der Waals surface area contributed by atoms with Crippen molar-refractivity contribution in [3.8, 4) is 0 Å². The van der Waals surface area contributed by atoms with E-state index in [-0.39, 0.29) is 0 Å². The van der Waals surface area contributed by atoms with Gasteiger partial charge >= 0.3 is 0 Å². The Hall–Kier alpha value is -0.470. The van der Waals surface area contributed by atoms with Crippen LogP contribution >= 0.6 is 11.8 Å². The Kier molecular flexibility index (Phi) is 3.44. The van der Waals surface area contributed by atoms with Gasteiger partial charge in [-0.05, 0) is 36.8 Å². The molecule has 2 heteroatoms. The Bertz CT molecular complexity index is 365. The third-order valence-corrected chi connectivity index (χ3v) is 5.22. The Balaban J connectivity index is 1.44. The molecule has 1 aliphatic carbocycles. The third kappa shape index (κ3) is 2.69. The Morgan fingerprint density at radius 3 is 3.06 bits per heavy atom. The van der Waals surface area contributed by atoms with Crippen LogP contribution < -0.4 is 5.32 Å². The van der Waals surface area contributed by atoms with E-state index in [9.17, 15) is 0 Å². The maximum Gasteiger partial charge on any atom is 0.0260 e. The second-order valence-electron chi connectivity index (χ2n) is 5.35. The van der Waals surface area contributed by atoms with E-state index in [4.69, 9.17) is 0 Å². The highest BCUT2D eigenvalue weighted by Gasteiger charge is 2.36. The smallest absolute Gasteiger partial charge is 0.0260 e. The molecule has 0 saturated heterocycles. The lowest BCUT2D eigenvalue weighted by molar-refractivity contribution is 0.592. The first-order valence-electron chi connectivity index (χ1n) is 6.84. The SMILES string of the molecule is CCCC1CC1NCC1Cc2ccccc2S1. The molecule has 1 aliphatic heterocycles. The van der Waals surface area contributed by atoms with E-state index in [0.29, 0.717) is 0 Å². The minimum atomic E-state index is 0.760. The van der Waals surface area contributed by atoms with Crippen LogP contribution in [0, 0.1) is 5.92 Å². The average Bonchev–Trinajstić information content (AvgIpc) is 2.94. The topological polar surface area (TPSA) is 12.0 Å². The molecule has 17 heavy (non-hydrogen) atoms. The molecule has 1 aromatic rings. The number of benzene rings is 1. The maximum absolute atomic E-state index is 3.75. The molecule has 0 amide bonds. The van der Waals surface area contributed by atoms with Gasteiger partial charge in [0.1, 0.15) is 0 Å². The lowest BCUT2D eigenvalue weighted by atomic mass is 10.1. The lowest BCUT2D eigenvalue weighted by Gasteiger charge is -2.09. The summed E-state index contributed by atoms with van der Waals surface area (Å²) >= 11 is 2.06. The summed E-state index contributed by atoms with van der Waals surface area (Å²) in [4.78, 5) is 1.50. The zero-order valence-electron chi connectivity index (χ0n) is 10.5. The molecular formula is C15H21NS. The monoisotopic (exact) mass is 247 g/mol. The molecule has 0 bridgehead atoms. The molecule has 92 valence electrons. The van der Waals surface area contributed by atoms with Crippen molar-refractivity contribution in [1.29, 1.82) is 0 Å². The van der Waals surface area contributed by atoms with Crippen molar-refractivity contribution in [1.82, 2.24) is 5.32 Å². The van der Waals surface area contributed by atoms with Gasteiger partial charge in [-0.15, -0.1) is 11.8 Å². The van der Waals surface area contributed by atoms with Gasteiger partial charge in [-0.2, -0.15) is 0 Å². The molecule has 0 spiro atoms. The minimum Gasteiger partial charge on any atom is -0.313 e. The first-order valence-corrected chi connectivity index (χ1v) is 7.72. The van der Waals surface area contributed by atoms with Gasteiger partial charge < -0.3 is 5.32 Å². The van der Waals surface area contributed by atoms with Crippen LogP contribution in [0.4, 0.5) is 0 Å². The molecule has 1 fully saturated rings. The van der Waals surface area contributed by atoms with Crippen LogP contribution in [0.2, 0.25) is 0 Å². The van der Waals surface area contributed by atoms with Crippen molar-refractivity contribution in [2.45, 2.75) is 48.8 Å². The first kappa shape index (κ1) is 11.6. The third-order valence-electron chi connectivity index (χ3n) is 3.90. The van der Waals surface area contributed by atoms with Crippen molar-refractivity contribution in [3.05, 3.63) is 29.8 Å². The number of hydrogen-bond acceptors (Lipinski definition) is 2. The summed E-state index contributed by atoms with van der Waals surface area (Å²) in [7, 11) is 0. The Morgan fingerprint density at radius 2 is 2.24 bits per heavy atom. The van der Waals surface area contributed by atoms with Gasteiger partial charge in [0.05, 0.1) is 0 Å². The number of rotatable bonds is 5. The zero-order valence-corrected chi connectivity index (χ0v) is 11.3. The molecule has 3 unspecified atom stereocenters. The highest BCUT2D eigenvalue weighted by molar-refractivity contribution is 8.00. The predicted octanol–water partition coefficient (Wildman–Crippen LogP) is 3.48. The summed E-state index contributed by atoms with van der Waals surface area (Å²) in [6.07, 6.45) is 5.42. The highest BCUT2D eigenvalue weighted by Crippen LogP contribution is 2.38. The van der Waals surface area contributed by atoms with Gasteiger partial charge in [0.2, 0.25) is 0 Å². The lowest BCUT2D eigenvalue weighted by Crippen LogP contribution is -2.27. The average molecular weight is 247 g/mol. The van der Waals surface area contributed by atoms with Gasteiger partial charge in [0.25, 0.3) is 0 Å². The number of nitrogens with one attached hydrogen (secondary N) is 1. The summed E-state index contributed by atoms with van der Waals surface area (Å²) in [5, 5.41) is 4.51. The van der Waals surface area contributed by atoms with Crippen molar-refractivity contribution in [3.63, 3.8) is 0 Å². The van der Waals surface area contributed by atoms with E-state index in [1.54, 1.807) is 5.56 Å². The summed E-state index contributed by atoms with van der Waals surface area (Å²) in [5.41, 5.74) is 1.55. The Morgan fingerprint density at radius 1 is 1.35 bits per heavy atom. The van der Waals surface area contributed by atoms with E-state index in [2.05, 4.69) is 48.3 Å². The molecule has 1 N–H and O–H groups in total. The van der Waals surface area contributed by atoms with Crippen LogP contribution in [0.15, 0.2) is 29.2 Å². The number of thioether (sulfide) groups is 1. The van der Waals surface area contributed by atoms with Gasteiger partial charge in [-0.3, -0.25) is 0 Å². The largest absolute Gasteiger partial charge is 0.313 e. The van der Waals surface area contributed by atoms with Crippen LogP contribution in [-0.2, 0) is 6.42 Å². The molecule has 2 aliphatic rings. The summed E-state index contributed by atoms with van der Waals surface area (Å²) < 4.78 is 0. The molecule has 1 nitrogen and oxygen atoms in total. The van der Waals surface area contributed by atoms with E-state index < -0.39 is 0 Å². The van der Waals surface area contributed by atoms with Crippen molar-refractivity contribution < 1.29 is 0 Å². The summed E-state index contributed by atoms with van der Waals surface area (Å²) in [5.74, 6) is 0.980. The van der Waals surface area contributed by atoms with Crippen LogP contribution in [0.25, 0.3) is 0 Å². The van der Waals surface area contributed by atoms with Gasteiger partial charge in [0.15, 0.2) is 0 Å². The molecule has 3 rings (SSSR count). The highest BCUT2D eigenvalue weighted by atomic mass is 32.2. The standard InChI is InChI=1S/C15H21NS/c1-2-5-11-9-14(11)16-10-13-8-12-6-3-4-7-15(12)17-13/h3-4,6-7,11,13-14,16H,2,5,8-10H2,1H3. The molecule has 1 saturated carbocycles. The van der Waals surface area contributed by atoms with Crippen molar-refractivity contribution in [2.75, 3.05) is 6.54 Å². The van der Waals surface area contributed by atoms with Crippen LogP contribution in [0.3, 0.4) is 0 Å². The fraction of sp³-hybridized carbons (Fsp3) is 0.600.